The number of nitrogens with zero attached hydrogens (tertiary/aromatic N) is 1. The molecule has 2 amide bonds. The molecule has 0 heterocycles. The van der Waals surface area contributed by atoms with Crippen LogP contribution in [0.4, 0.5) is 5.69 Å². The fourth-order valence-corrected chi connectivity index (χ4v) is 3.29. The molecule has 8 nitrogen and oxygen atoms in total. The van der Waals surface area contributed by atoms with Gasteiger partial charge in [0.1, 0.15) is 12.4 Å². The van der Waals surface area contributed by atoms with E-state index < -0.39 is 0 Å². The lowest BCUT2D eigenvalue weighted by Crippen LogP contribution is -2.35. The minimum atomic E-state index is -0.331. The van der Waals surface area contributed by atoms with E-state index in [4.69, 9.17) is 21.7 Å². The van der Waals surface area contributed by atoms with Gasteiger partial charge in [-0.2, -0.15) is 0 Å². The van der Waals surface area contributed by atoms with Crippen LogP contribution in [0.3, 0.4) is 0 Å². The molecular weight excluding hydrogens is 452 g/mol. The fraction of sp³-hybridized carbons (Fsp3) is 0.400. The topological polar surface area (TPSA) is 91.9 Å². The summed E-state index contributed by atoms with van der Waals surface area (Å²) in [5.41, 5.74) is 1.68. The number of carbonyl (C=O) groups is 2. The van der Waals surface area contributed by atoms with E-state index in [1.807, 2.05) is 6.92 Å². The number of thiocarbonyl (C=S) groups is 1. The minimum absolute atomic E-state index is 0.125. The molecule has 0 bridgehead atoms. The maximum atomic E-state index is 12.4. The average Bonchev–Trinajstić information content (AvgIpc) is 2.85. The number of hydrogen-bond acceptors (Lipinski definition) is 6. The molecule has 0 radical (unpaired) electrons. The summed E-state index contributed by atoms with van der Waals surface area (Å²) in [4.78, 5) is 27.0. The lowest BCUT2D eigenvalue weighted by Gasteiger charge is -2.18. The number of hydrogen-bond donors (Lipinski definition) is 3. The SMILES string of the molecule is CCOCCOc1ccc(C(=O)NC(=S)Nc2ccc(C(=O)NCCN(CC)CC)cc2)cc1. The number of rotatable bonds is 13. The van der Waals surface area contributed by atoms with Crippen LogP contribution in [0.15, 0.2) is 48.5 Å². The molecule has 2 aromatic carbocycles. The molecule has 34 heavy (non-hydrogen) atoms. The monoisotopic (exact) mass is 486 g/mol. The Hall–Kier alpha value is -3.01. The summed E-state index contributed by atoms with van der Waals surface area (Å²) in [5.74, 6) is 0.205. The number of nitrogens with one attached hydrogen (secondary N) is 3. The van der Waals surface area contributed by atoms with E-state index in [2.05, 4.69) is 34.7 Å². The summed E-state index contributed by atoms with van der Waals surface area (Å²) in [6.07, 6.45) is 0. The highest BCUT2D eigenvalue weighted by Crippen LogP contribution is 2.13. The van der Waals surface area contributed by atoms with Gasteiger partial charge >= 0.3 is 0 Å². The third-order valence-electron chi connectivity index (χ3n) is 5.06. The summed E-state index contributed by atoms with van der Waals surface area (Å²) >= 11 is 5.24. The second-order valence-corrected chi connectivity index (χ2v) is 7.75. The van der Waals surface area contributed by atoms with Crippen molar-refractivity contribution in [3.63, 3.8) is 0 Å². The van der Waals surface area contributed by atoms with Crippen molar-refractivity contribution in [1.29, 1.82) is 0 Å². The number of likely N-dealkylation sites (N-methyl/N-ethyl adjacent to an activating group) is 1. The number of amides is 2. The van der Waals surface area contributed by atoms with Crippen molar-refractivity contribution in [1.82, 2.24) is 15.5 Å². The molecule has 0 unspecified atom stereocenters. The van der Waals surface area contributed by atoms with E-state index in [0.29, 0.717) is 48.9 Å². The van der Waals surface area contributed by atoms with E-state index in [1.54, 1.807) is 48.5 Å². The largest absolute Gasteiger partial charge is 0.491 e. The summed E-state index contributed by atoms with van der Waals surface area (Å²) in [7, 11) is 0. The molecule has 0 spiro atoms. The summed E-state index contributed by atoms with van der Waals surface area (Å²) in [6.45, 7) is 11.1. The van der Waals surface area contributed by atoms with Crippen LogP contribution in [-0.4, -0.2) is 67.8 Å². The highest BCUT2D eigenvalue weighted by Gasteiger charge is 2.10. The highest BCUT2D eigenvalue weighted by molar-refractivity contribution is 7.80. The Bertz CT molecular complexity index is 916. The molecule has 2 rings (SSSR count). The van der Waals surface area contributed by atoms with Crippen LogP contribution in [0.2, 0.25) is 0 Å². The zero-order chi connectivity index (χ0) is 24.8. The Labute approximate surface area is 207 Å². The third-order valence-corrected chi connectivity index (χ3v) is 5.26. The number of benzene rings is 2. The molecule has 0 atom stereocenters. The Morgan fingerprint density at radius 2 is 1.50 bits per heavy atom. The van der Waals surface area contributed by atoms with Crippen molar-refractivity contribution in [3.05, 3.63) is 59.7 Å². The smallest absolute Gasteiger partial charge is 0.257 e. The standard InChI is InChI=1S/C25H34N4O4S/c1-4-29(5-2)16-15-26-23(30)19-7-11-21(12-8-19)27-25(34)28-24(31)20-9-13-22(14-10-20)33-18-17-32-6-3/h7-14H,4-6,15-18H2,1-3H3,(H,26,30)(H2,27,28,31,34). The van der Waals surface area contributed by atoms with Crippen molar-refractivity contribution in [2.75, 3.05) is 51.3 Å². The van der Waals surface area contributed by atoms with Crippen molar-refractivity contribution in [2.45, 2.75) is 20.8 Å². The van der Waals surface area contributed by atoms with Crippen molar-refractivity contribution in [3.8, 4) is 5.75 Å². The van der Waals surface area contributed by atoms with Crippen LogP contribution >= 0.6 is 12.2 Å². The molecule has 0 fully saturated rings. The van der Waals surface area contributed by atoms with Crippen molar-refractivity contribution >= 4 is 34.8 Å². The third kappa shape index (κ3) is 9.46. The lowest BCUT2D eigenvalue weighted by atomic mass is 10.2. The maximum absolute atomic E-state index is 12.4. The van der Waals surface area contributed by atoms with E-state index >= 15 is 0 Å². The normalized spacial score (nSPS) is 10.6. The Morgan fingerprint density at radius 3 is 2.12 bits per heavy atom. The van der Waals surface area contributed by atoms with Crippen molar-refractivity contribution in [2.24, 2.45) is 0 Å². The molecule has 0 saturated carbocycles. The number of anilines is 1. The summed E-state index contributed by atoms with van der Waals surface area (Å²) in [6, 6.07) is 13.7. The first kappa shape index (κ1) is 27.2. The van der Waals surface area contributed by atoms with Crippen LogP contribution in [0.1, 0.15) is 41.5 Å². The quantitative estimate of drug-likeness (QED) is 0.296. The van der Waals surface area contributed by atoms with Gasteiger partial charge < -0.3 is 25.0 Å². The van der Waals surface area contributed by atoms with Gasteiger partial charge in [-0.1, -0.05) is 13.8 Å². The number of carbonyl (C=O) groups excluding carboxylic acids is 2. The first-order chi connectivity index (χ1) is 16.5. The minimum Gasteiger partial charge on any atom is -0.491 e. The van der Waals surface area contributed by atoms with Gasteiger partial charge in [-0.05, 0) is 80.8 Å². The van der Waals surface area contributed by atoms with Gasteiger partial charge in [-0.25, -0.2) is 0 Å². The van der Waals surface area contributed by atoms with E-state index in [9.17, 15) is 9.59 Å². The Kier molecular flexibility index (Phi) is 12.0. The molecule has 3 N–H and O–H groups in total. The lowest BCUT2D eigenvalue weighted by molar-refractivity contribution is 0.0947. The zero-order valence-electron chi connectivity index (χ0n) is 20.1. The van der Waals surface area contributed by atoms with E-state index in [-0.39, 0.29) is 16.9 Å². The molecule has 0 aliphatic heterocycles. The van der Waals surface area contributed by atoms with E-state index in [1.165, 1.54) is 0 Å². The van der Waals surface area contributed by atoms with Gasteiger partial charge in [0.2, 0.25) is 0 Å². The summed E-state index contributed by atoms with van der Waals surface area (Å²) in [5, 5.41) is 8.69. The molecule has 0 aliphatic carbocycles. The molecule has 0 aliphatic rings. The average molecular weight is 487 g/mol. The second-order valence-electron chi connectivity index (χ2n) is 7.34. The second kappa shape index (κ2) is 15.0. The highest BCUT2D eigenvalue weighted by atomic mass is 32.1. The Balaban J connectivity index is 1.78. The maximum Gasteiger partial charge on any atom is 0.257 e. The molecule has 0 aromatic heterocycles. The predicted octanol–water partition coefficient (Wildman–Crippen LogP) is 3.30. The molecule has 9 heteroatoms. The van der Waals surface area contributed by atoms with Crippen LogP contribution in [0.5, 0.6) is 5.75 Å². The van der Waals surface area contributed by atoms with Gasteiger partial charge in [-0.3, -0.25) is 14.9 Å². The van der Waals surface area contributed by atoms with Crippen LogP contribution in [0, 0.1) is 0 Å². The van der Waals surface area contributed by atoms with Gasteiger partial charge in [0.15, 0.2) is 5.11 Å². The van der Waals surface area contributed by atoms with E-state index in [0.717, 1.165) is 19.6 Å². The molecule has 184 valence electrons. The van der Waals surface area contributed by atoms with Gasteiger partial charge in [-0.15, -0.1) is 0 Å². The Morgan fingerprint density at radius 1 is 0.882 bits per heavy atom. The molecular formula is C25H34N4O4S. The van der Waals surface area contributed by atoms with Crippen LogP contribution in [-0.2, 0) is 4.74 Å². The molecule has 2 aromatic rings. The zero-order valence-corrected chi connectivity index (χ0v) is 20.9. The van der Waals surface area contributed by atoms with Gasteiger partial charge in [0.05, 0.1) is 6.61 Å². The first-order valence-corrected chi connectivity index (χ1v) is 11.9. The van der Waals surface area contributed by atoms with Crippen LogP contribution in [0.25, 0.3) is 0 Å². The summed E-state index contributed by atoms with van der Waals surface area (Å²) < 4.78 is 10.8. The van der Waals surface area contributed by atoms with Crippen LogP contribution < -0.4 is 20.7 Å². The first-order valence-electron chi connectivity index (χ1n) is 11.5. The fourth-order valence-electron chi connectivity index (χ4n) is 3.08. The van der Waals surface area contributed by atoms with Crippen molar-refractivity contribution < 1.29 is 19.1 Å². The predicted molar refractivity (Wildman–Crippen MR) is 139 cm³/mol. The molecule has 0 saturated heterocycles. The van der Waals surface area contributed by atoms with Gasteiger partial charge in [0, 0.05) is 36.5 Å². The van der Waals surface area contributed by atoms with Gasteiger partial charge in [0.25, 0.3) is 11.8 Å². The number of ether oxygens (including phenoxy) is 2.